The Balaban J connectivity index is 0.00000121. The summed E-state index contributed by atoms with van der Waals surface area (Å²) in [7, 11) is 0. The number of aromatic nitrogens is 3. The van der Waals surface area contributed by atoms with Crippen molar-refractivity contribution in [3.05, 3.63) is 97.9 Å². The van der Waals surface area contributed by atoms with Gasteiger partial charge in [-0.1, -0.05) is 28.6 Å². The number of halogens is 1. The van der Waals surface area contributed by atoms with Crippen LogP contribution in [0.1, 0.15) is 18.4 Å². The lowest BCUT2D eigenvalue weighted by Crippen LogP contribution is -2.68. The average Bonchev–Trinajstić information content (AvgIpc) is 2.89. The largest absolute Gasteiger partial charge is 0.265 e. The molecule has 0 radical (unpaired) electrons. The van der Waals surface area contributed by atoms with Gasteiger partial charge >= 0.3 is 0 Å². The number of rotatable bonds is 9. The number of thiol groups is 1. The fraction of sp³-hybridized carbons (Fsp3) is 0.231. The lowest BCUT2D eigenvalue weighted by Gasteiger charge is -2.00. The van der Waals surface area contributed by atoms with E-state index >= 15 is 0 Å². The number of unbranched alkanes of at least 4 members (excludes halogenated alkanes) is 1. The Kier molecular flexibility index (Phi) is 15.5. The van der Waals surface area contributed by atoms with Gasteiger partial charge in [0.2, 0.25) is 0 Å². The Labute approximate surface area is 206 Å². The number of nitrogens with one attached hydrogen (secondary N) is 1. The van der Waals surface area contributed by atoms with E-state index in [9.17, 15) is 0 Å². The number of nitrogens with zero attached hydrogens (tertiary/aromatic N) is 3. The standard InChI is InChI=1S/C24H25N4.CH3Br.CH4S/c1-2-21(22-6-14-26-15-7-22)5-13-25-12-3-4-18-28-19-10-24(11-20-28)23-8-16-27-17-9-23;2*1-2/h2,5-11,13-17,19-20H,1,3-4,12,18H2;1H3;2H,1H3/q+1;;/p+1/b21-5+,25-13?;;. The van der Waals surface area contributed by atoms with Crippen LogP contribution in [0.2, 0.25) is 0 Å². The Morgan fingerprint density at radius 3 is 2.09 bits per heavy atom. The molecular weight excluding hydrogens is 480 g/mol. The van der Waals surface area contributed by atoms with Crippen LogP contribution in [-0.2, 0) is 6.54 Å². The molecule has 0 bridgehead atoms. The molecule has 0 aliphatic rings. The second-order valence-corrected chi connectivity index (χ2v) is 6.45. The molecular formula is C26H33BrN4S+2. The molecule has 4 nitrogen and oxygen atoms in total. The van der Waals surface area contributed by atoms with Gasteiger partial charge in [-0.25, -0.2) is 9.56 Å². The summed E-state index contributed by atoms with van der Waals surface area (Å²) in [5, 5.41) is 0. The SMILES string of the molecule is C=C/C(=C\C=[NH+]CCCC[n+]1ccc(-c2ccncc2)cc1)c1ccncc1.CBr.CS. The molecule has 0 saturated carbocycles. The quantitative estimate of drug-likeness (QED) is 0.113. The molecule has 3 aromatic rings. The molecule has 6 heteroatoms. The predicted octanol–water partition coefficient (Wildman–Crippen LogP) is 4.19. The third-order valence-electron chi connectivity index (χ3n) is 4.51. The number of aryl methyl sites for hydroxylation is 1. The molecule has 3 heterocycles. The molecule has 0 amide bonds. The van der Waals surface area contributed by atoms with Crippen molar-refractivity contribution in [1.82, 2.24) is 9.97 Å². The van der Waals surface area contributed by atoms with Gasteiger partial charge in [0, 0.05) is 55.8 Å². The molecule has 3 rings (SSSR count). The van der Waals surface area contributed by atoms with Gasteiger partial charge in [0.25, 0.3) is 0 Å². The summed E-state index contributed by atoms with van der Waals surface area (Å²) in [6.07, 6.45) is 21.4. The fourth-order valence-electron chi connectivity index (χ4n) is 2.92. The van der Waals surface area contributed by atoms with E-state index in [1.165, 1.54) is 11.1 Å². The summed E-state index contributed by atoms with van der Waals surface area (Å²) in [5.74, 6) is 1.81. The molecule has 0 spiro atoms. The molecule has 1 N–H and O–H groups in total. The fourth-order valence-corrected chi connectivity index (χ4v) is 2.92. The van der Waals surface area contributed by atoms with Crippen LogP contribution < -0.4 is 9.56 Å². The molecule has 0 unspecified atom stereocenters. The molecule has 0 aliphatic heterocycles. The van der Waals surface area contributed by atoms with E-state index < -0.39 is 0 Å². The summed E-state index contributed by atoms with van der Waals surface area (Å²) in [4.78, 5) is 11.5. The van der Waals surface area contributed by atoms with Gasteiger partial charge in [0.15, 0.2) is 18.6 Å². The van der Waals surface area contributed by atoms with Crippen LogP contribution in [0, 0.1) is 0 Å². The maximum absolute atomic E-state index is 4.06. The second-order valence-electron chi connectivity index (χ2n) is 6.45. The highest BCUT2D eigenvalue weighted by Gasteiger charge is 2.03. The van der Waals surface area contributed by atoms with Crippen LogP contribution in [-0.4, -0.2) is 34.8 Å². The van der Waals surface area contributed by atoms with E-state index in [2.05, 4.69) is 85.3 Å². The van der Waals surface area contributed by atoms with Crippen molar-refractivity contribution in [2.24, 2.45) is 0 Å². The van der Waals surface area contributed by atoms with Crippen molar-refractivity contribution in [3.63, 3.8) is 0 Å². The highest BCUT2D eigenvalue weighted by molar-refractivity contribution is 9.08. The van der Waals surface area contributed by atoms with Crippen molar-refractivity contribution in [2.45, 2.75) is 19.4 Å². The highest BCUT2D eigenvalue weighted by Crippen LogP contribution is 2.15. The van der Waals surface area contributed by atoms with Crippen LogP contribution >= 0.6 is 28.6 Å². The van der Waals surface area contributed by atoms with Gasteiger partial charge < -0.3 is 0 Å². The lowest BCUT2D eigenvalue weighted by molar-refractivity contribution is -0.697. The molecule has 32 heavy (non-hydrogen) atoms. The lowest BCUT2D eigenvalue weighted by atomic mass is 10.1. The Bertz CT molecular complexity index is 927. The Morgan fingerprint density at radius 1 is 0.938 bits per heavy atom. The van der Waals surface area contributed by atoms with Gasteiger partial charge in [0.1, 0.15) is 13.1 Å². The molecule has 0 saturated heterocycles. The molecule has 0 aromatic carbocycles. The summed E-state index contributed by atoms with van der Waals surface area (Å²) in [6, 6.07) is 12.3. The number of hydrogen-bond acceptors (Lipinski definition) is 3. The van der Waals surface area contributed by atoms with Crippen molar-refractivity contribution in [3.8, 4) is 11.1 Å². The monoisotopic (exact) mass is 512 g/mol. The van der Waals surface area contributed by atoms with Crippen LogP contribution in [0.4, 0.5) is 0 Å². The average molecular weight is 514 g/mol. The van der Waals surface area contributed by atoms with Crippen LogP contribution in [0.25, 0.3) is 16.7 Å². The van der Waals surface area contributed by atoms with Gasteiger partial charge in [-0.3, -0.25) is 9.97 Å². The van der Waals surface area contributed by atoms with Gasteiger partial charge in [-0.2, -0.15) is 12.6 Å². The smallest absolute Gasteiger partial charge is 0.169 e. The predicted molar refractivity (Wildman–Crippen MR) is 143 cm³/mol. The van der Waals surface area contributed by atoms with Crippen LogP contribution in [0.5, 0.6) is 0 Å². The van der Waals surface area contributed by atoms with Crippen molar-refractivity contribution < 1.29 is 9.56 Å². The zero-order valence-corrected chi connectivity index (χ0v) is 21.3. The van der Waals surface area contributed by atoms with E-state index in [0.29, 0.717) is 0 Å². The van der Waals surface area contributed by atoms with E-state index in [1.54, 1.807) is 18.6 Å². The van der Waals surface area contributed by atoms with E-state index in [-0.39, 0.29) is 0 Å². The van der Waals surface area contributed by atoms with E-state index in [4.69, 9.17) is 0 Å². The van der Waals surface area contributed by atoms with Crippen molar-refractivity contribution in [1.29, 1.82) is 0 Å². The van der Waals surface area contributed by atoms with Crippen molar-refractivity contribution >= 4 is 40.3 Å². The van der Waals surface area contributed by atoms with E-state index in [0.717, 1.165) is 37.1 Å². The minimum Gasteiger partial charge on any atom is -0.265 e. The van der Waals surface area contributed by atoms with Gasteiger partial charge in [0.05, 0.1) is 0 Å². The van der Waals surface area contributed by atoms with Gasteiger partial charge in [-0.15, -0.1) is 0 Å². The first-order chi connectivity index (χ1) is 15.9. The first kappa shape index (κ1) is 27.5. The van der Waals surface area contributed by atoms with Gasteiger partial charge in [-0.05, 0) is 58.6 Å². The van der Waals surface area contributed by atoms with Crippen LogP contribution in [0.15, 0.2) is 92.3 Å². The number of pyridine rings is 3. The first-order valence-corrected chi connectivity index (χ1v) is 12.9. The Hall–Kier alpha value is -2.57. The first-order valence-electron chi connectivity index (χ1n) is 10.4. The number of hydrogen-bond donors (Lipinski definition) is 2. The summed E-state index contributed by atoms with van der Waals surface area (Å²) in [5.41, 5.74) is 4.61. The normalized spacial score (nSPS) is 10.6. The third kappa shape index (κ3) is 10.2. The third-order valence-corrected chi connectivity index (χ3v) is 4.51. The van der Waals surface area contributed by atoms with E-state index in [1.807, 2.05) is 54.8 Å². The zero-order chi connectivity index (χ0) is 23.4. The molecule has 3 aromatic heterocycles. The second kappa shape index (κ2) is 18.0. The Morgan fingerprint density at radius 2 is 1.50 bits per heavy atom. The maximum atomic E-state index is 4.06. The van der Waals surface area contributed by atoms with Crippen LogP contribution in [0.3, 0.4) is 0 Å². The summed E-state index contributed by atoms with van der Waals surface area (Å²) < 4.78 is 2.23. The van der Waals surface area contributed by atoms with Crippen molar-refractivity contribution in [2.75, 3.05) is 18.6 Å². The molecule has 0 fully saturated rings. The highest BCUT2D eigenvalue weighted by atomic mass is 79.9. The minimum absolute atomic E-state index is 0.951. The summed E-state index contributed by atoms with van der Waals surface area (Å²) >= 11 is 6.47. The maximum Gasteiger partial charge on any atom is 0.169 e. The number of allylic oxidation sites excluding steroid dienone is 3. The topological polar surface area (TPSA) is 43.6 Å². The minimum atomic E-state index is 0.951. The number of alkyl halides is 1. The molecule has 0 atom stereocenters. The zero-order valence-electron chi connectivity index (χ0n) is 18.9. The molecule has 168 valence electrons. The summed E-state index contributed by atoms with van der Waals surface area (Å²) in [6.45, 7) is 5.85. The molecule has 0 aliphatic carbocycles.